The monoisotopic (exact) mass is 357 g/mol. The van der Waals surface area contributed by atoms with E-state index in [1.807, 2.05) is 6.20 Å². The summed E-state index contributed by atoms with van der Waals surface area (Å²) in [5.41, 5.74) is 2.21. The van der Waals surface area contributed by atoms with Crippen molar-refractivity contribution in [3.63, 3.8) is 0 Å². The van der Waals surface area contributed by atoms with Crippen molar-refractivity contribution in [1.29, 1.82) is 0 Å². The Morgan fingerprint density at radius 3 is 2.96 bits per heavy atom. The van der Waals surface area contributed by atoms with Crippen LogP contribution in [0.4, 0.5) is 0 Å². The number of carbonyl (C=O) groups excluding carboxylic acids is 2. The Hall–Kier alpha value is -2.90. The van der Waals surface area contributed by atoms with Gasteiger partial charge in [0, 0.05) is 32.6 Å². The molecule has 1 N–H and O–H groups in total. The number of aryl methyl sites for hydroxylation is 1. The standard InChI is InChI=1S/C18H23N5O3/c1-22(2)16(24)11-23-10-12-5-4-6-14(17(12)21-23)20-18(25)15-9-13(26-3)7-8-19-15/h7-10,14H,4-6,11H2,1-3H3,(H,20,25). The van der Waals surface area contributed by atoms with Crippen LogP contribution in [0.15, 0.2) is 24.5 Å². The van der Waals surface area contributed by atoms with E-state index >= 15 is 0 Å². The maximum absolute atomic E-state index is 12.5. The van der Waals surface area contributed by atoms with Crippen LogP contribution in [0.25, 0.3) is 0 Å². The molecule has 8 heteroatoms. The van der Waals surface area contributed by atoms with E-state index in [-0.39, 0.29) is 24.4 Å². The first-order valence-electron chi connectivity index (χ1n) is 8.55. The van der Waals surface area contributed by atoms with E-state index in [9.17, 15) is 9.59 Å². The van der Waals surface area contributed by atoms with Gasteiger partial charge >= 0.3 is 0 Å². The van der Waals surface area contributed by atoms with E-state index in [4.69, 9.17) is 4.74 Å². The number of pyridine rings is 1. The van der Waals surface area contributed by atoms with Crippen LogP contribution in [0.3, 0.4) is 0 Å². The van der Waals surface area contributed by atoms with E-state index in [1.165, 1.54) is 4.90 Å². The minimum Gasteiger partial charge on any atom is -0.497 e. The number of ether oxygens (including phenoxy) is 1. The smallest absolute Gasteiger partial charge is 0.270 e. The highest BCUT2D eigenvalue weighted by molar-refractivity contribution is 5.92. The molecule has 2 aromatic rings. The summed E-state index contributed by atoms with van der Waals surface area (Å²) in [5.74, 6) is 0.299. The second-order valence-electron chi connectivity index (χ2n) is 6.52. The third-order valence-electron chi connectivity index (χ3n) is 4.44. The first-order chi connectivity index (χ1) is 12.5. The molecule has 0 radical (unpaired) electrons. The summed E-state index contributed by atoms with van der Waals surface area (Å²) in [7, 11) is 4.98. The molecule has 1 aliphatic rings. The summed E-state index contributed by atoms with van der Waals surface area (Å²) >= 11 is 0. The maximum atomic E-state index is 12.5. The molecule has 1 atom stereocenters. The Kier molecular flexibility index (Phi) is 5.20. The van der Waals surface area contributed by atoms with Gasteiger partial charge in [-0.2, -0.15) is 5.10 Å². The lowest BCUT2D eigenvalue weighted by Gasteiger charge is -2.22. The Morgan fingerprint density at radius 1 is 1.42 bits per heavy atom. The second kappa shape index (κ2) is 7.55. The van der Waals surface area contributed by atoms with Gasteiger partial charge in [0.25, 0.3) is 5.91 Å². The summed E-state index contributed by atoms with van der Waals surface area (Å²) < 4.78 is 6.79. The molecule has 0 aliphatic heterocycles. The topological polar surface area (TPSA) is 89.3 Å². The lowest BCUT2D eigenvalue weighted by Crippen LogP contribution is -2.31. The zero-order valence-electron chi connectivity index (χ0n) is 15.2. The molecular formula is C18H23N5O3. The first-order valence-corrected chi connectivity index (χ1v) is 8.55. The minimum absolute atomic E-state index is 0.0222. The molecule has 2 amide bonds. The first kappa shape index (κ1) is 17.9. The number of rotatable bonds is 5. The lowest BCUT2D eigenvalue weighted by molar-refractivity contribution is -0.129. The Morgan fingerprint density at radius 2 is 2.23 bits per heavy atom. The fraction of sp³-hybridized carbons (Fsp3) is 0.444. The minimum atomic E-state index is -0.263. The van der Waals surface area contributed by atoms with E-state index in [0.29, 0.717) is 11.4 Å². The molecule has 1 unspecified atom stereocenters. The second-order valence-corrected chi connectivity index (χ2v) is 6.52. The van der Waals surface area contributed by atoms with Crippen molar-refractivity contribution in [2.24, 2.45) is 0 Å². The molecule has 1 aliphatic carbocycles. The Balaban J connectivity index is 1.75. The van der Waals surface area contributed by atoms with Gasteiger partial charge in [0.2, 0.25) is 5.91 Å². The van der Waals surface area contributed by atoms with Gasteiger partial charge in [-0.1, -0.05) is 0 Å². The molecule has 26 heavy (non-hydrogen) atoms. The largest absolute Gasteiger partial charge is 0.497 e. The third-order valence-corrected chi connectivity index (χ3v) is 4.44. The predicted octanol–water partition coefficient (Wildman–Crippen LogP) is 1.18. The van der Waals surface area contributed by atoms with Crippen LogP contribution < -0.4 is 10.1 Å². The van der Waals surface area contributed by atoms with E-state index in [2.05, 4.69) is 15.4 Å². The molecule has 2 aromatic heterocycles. The van der Waals surface area contributed by atoms with Crippen LogP contribution in [-0.2, 0) is 17.8 Å². The molecule has 0 saturated carbocycles. The van der Waals surface area contributed by atoms with Gasteiger partial charge < -0.3 is 15.0 Å². The molecular weight excluding hydrogens is 334 g/mol. The van der Waals surface area contributed by atoms with Gasteiger partial charge in [-0.3, -0.25) is 19.3 Å². The van der Waals surface area contributed by atoms with Crippen LogP contribution in [0.1, 0.15) is 40.6 Å². The summed E-state index contributed by atoms with van der Waals surface area (Å²) in [5, 5.41) is 7.55. The predicted molar refractivity (Wildman–Crippen MR) is 94.9 cm³/mol. The average Bonchev–Trinajstić information content (AvgIpc) is 3.05. The molecule has 2 heterocycles. The molecule has 0 spiro atoms. The SMILES string of the molecule is COc1ccnc(C(=O)NC2CCCc3cn(CC(=O)N(C)C)nc32)c1. The molecule has 0 aromatic carbocycles. The number of amides is 2. The number of nitrogens with zero attached hydrogens (tertiary/aromatic N) is 4. The highest BCUT2D eigenvalue weighted by Crippen LogP contribution is 2.28. The normalized spacial score (nSPS) is 15.9. The van der Waals surface area contributed by atoms with Crippen LogP contribution in [0.5, 0.6) is 5.75 Å². The molecule has 0 saturated heterocycles. The summed E-state index contributed by atoms with van der Waals surface area (Å²) in [6.07, 6.45) is 6.11. The zero-order valence-corrected chi connectivity index (χ0v) is 15.2. The van der Waals surface area contributed by atoms with Crippen molar-refractivity contribution in [1.82, 2.24) is 25.0 Å². The number of hydrogen-bond acceptors (Lipinski definition) is 5. The number of fused-ring (bicyclic) bond motifs is 1. The molecule has 3 rings (SSSR count). The van der Waals surface area contributed by atoms with Gasteiger partial charge in [0.15, 0.2) is 0 Å². The Bertz CT molecular complexity index is 815. The maximum Gasteiger partial charge on any atom is 0.270 e. The number of carbonyl (C=O) groups is 2. The number of likely N-dealkylation sites (N-methyl/N-ethyl adjacent to an activating group) is 1. The fourth-order valence-electron chi connectivity index (χ4n) is 2.99. The van der Waals surface area contributed by atoms with Gasteiger partial charge in [-0.15, -0.1) is 0 Å². The number of nitrogens with one attached hydrogen (secondary N) is 1. The summed E-state index contributed by atoms with van der Waals surface area (Å²) in [6, 6.07) is 3.11. The van der Waals surface area contributed by atoms with Crippen molar-refractivity contribution < 1.29 is 14.3 Å². The van der Waals surface area contributed by atoms with Crippen LogP contribution in [0, 0.1) is 0 Å². The van der Waals surface area contributed by atoms with Crippen molar-refractivity contribution in [2.45, 2.75) is 31.8 Å². The van der Waals surface area contributed by atoms with Gasteiger partial charge in [0.1, 0.15) is 18.0 Å². The van der Waals surface area contributed by atoms with Crippen LogP contribution in [-0.4, -0.2) is 52.7 Å². The summed E-state index contributed by atoms with van der Waals surface area (Å²) in [4.78, 5) is 30.1. The average molecular weight is 357 g/mol. The number of methoxy groups -OCH3 is 1. The zero-order chi connectivity index (χ0) is 18.7. The van der Waals surface area contributed by atoms with Crippen molar-refractivity contribution in [3.05, 3.63) is 41.5 Å². The fourth-order valence-corrected chi connectivity index (χ4v) is 2.99. The van der Waals surface area contributed by atoms with Crippen molar-refractivity contribution in [3.8, 4) is 5.75 Å². The lowest BCUT2D eigenvalue weighted by atomic mass is 9.93. The van der Waals surface area contributed by atoms with Gasteiger partial charge in [-0.05, 0) is 30.9 Å². The molecule has 138 valence electrons. The van der Waals surface area contributed by atoms with E-state index < -0.39 is 0 Å². The molecule has 0 fully saturated rings. The number of aromatic nitrogens is 3. The van der Waals surface area contributed by atoms with Gasteiger partial charge in [-0.25, -0.2) is 0 Å². The third kappa shape index (κ3) is 3.84. The summed E-state index contributed by atoms with van der Waals surface area (Å²) in [6.45, 7) is 0.193. The highest BCUT2D eigenvalue weighted by Gasteiger charge is 2.26. The number of hydrogen-bond donors (Lipinski definition) is 1. The van der Waals surface area contributed by atoms with Crippen molar-refractivity contribution in [2.75, 3.05) is 21.2 Å². The van der Waals surface area contributed by atoms with Crippen LogP contribution in [0.2, 0.25) is 0 Å². The highest BCUT2D eigenvalue weighted by atomic mass is 16.5. The molecule has 8 nitrogen and oxygen atoms in total. The van der Waals surface area contributed by atoms with Gasteiger partial charge in [0.05, 0.1) is 18.8 Å². The van der Waals surface area contributed by atoms with Crippen molar-refractivity contribution >= 4 is 11.8 Å². The Labute approximate surface area is 152 Å². The van der Waals surface area contributed by atoms with E-state index in [1.54, 1.807) is 44.2 Å². The van der Waals surface area contributed by atoms with Crippen LogP contribution >= 0.6 is 0 Å². The quantitative estimate of drug-likeness (QED) is 0.868. The molecule has 0 bridgehead atoms. The van der Waals surface area contributed by atoms with E-state index in [0.717, 1.165) is 30.5 Å².